The Morgan fingerprint density at radius 1 is 1.21 bits per heavy atom. The van der Waals surface area contributed by atoms with Crippen molar-refractivity contribution in [3.05, 3.63) is 51.7 Å². The van der Waals surface area contributed by atoms with Gasteiger partial charge in [0.05, 0.1) is 26.8 Å². The first-order chi connectivity index (χ1) is 18.3. The van der Waals surface area contributed by atoms with Crippen LogP contribution in [0.2, 0.25) is 4.34 Å². The Morgan fingerprint density at radius 2 is 2.00 bits per heavy atom. The molecule has 1 aliphatic heterocycles. The number of likely N-dealkylation sites (tertiary alicyclic amines) is 1. The summed E-state index contributed by atoms with van der Waals surface area (Å²) in [6.07, 6.45) is 2.93. The second kappa shape index (κ2) is 10.0. The fraction of sp³-hybridized carbons (Fsp3) is 0.385. The van der Waals surface area contributed by atoms with E-state index < -0.39 is 6.16 Å². The van der Waals surface area contributed by atoms with Gasteiger partial charge in [-0.15, -0.1) is 11.3 Å². The van der Waals surface area contributed by atoms with Gasteiger partial charge in [-0.2, -0.15) is 0 Å². The highest BCUT2D eigenvalue weighted by Crippen LogP contribution is 2.33. The third-order valence-electron chi connectivity index (χ3n) is 7.04. The maximum atomic E-state index is 13.5. The molecular formula is C26H26ClN5O5S. The van der Waals surface area contributed by atoms with Crippen molar-refractivity contribution in [1.29, 1.82) is 0 Å². The van der Waals surface area contributed by atoms with E-state index >= 15 is 0 Å². The number of hydrogen-bond acceptors (Lipinski definition) is 8. The summed E-state index contributed by atoms with van der Waals surface area (Å²) < 4.78 is 12.9. The van der Waals surface area contributed by atoms with E-state index in [2.05, 4.69) is 20.4 Å². The van der Waals surface area contributed by atoms with Crippen molar-refractivity contribution in [1.82, 2.24) is 24.9 Å². The van der Waals surface area contributed by atoms with Crippen LogP contribution in [-0.2, 0) is 6.54 Å². The Bertz CT molecular complexity index is 1520. The Balaban J connectivity index is 1.31. The van der Waals surface area contributed by atoms with Crippen LogP contribution >= 0.6 is 22.9 Å². The molecule has 1 aliphatic carbocycles. The normalized spacial score (nSPS) is 16.7. The predicted molar refractivity (Wildman–Crippen MR) is 142 cm³/mol. The zero-order valence-electron chi connectivity index (χ0n) is 20.6. The van der Waals surface area contributed by atoms with Crippen molar-refractivity contribution in [3.8, 4) is 16.4 Å². The average Bonchev–Trinajstić information content (AvgIpc) is 3.27. The van der Waals surface area contributed by atoms with Crippen molar-refractivity contribution in [2.24, 2.45) is 0 Å². The van der Waals surface area contributed by atoms with Crippen molar-refractivity contribution >= 4 is 46.0 Å². The number of hydrogen-bond donors (Lipinski definition) is 2. The first-order valence-corrected chi connectivity index (χ1v) is 13.7. The predicted octanol–water partition coefficient (Wildman–Crippen LogP) is 5.18. The van der Waals surface area contributed by atoms with Crippen LogP contribution in [-0.4, -0.2) is 61.9 Å². The van der Waals surface area contributed by atoms with Gasteiger partial charge in [0.2, 0.25) is 0 Å². The fourth-order valence-corrected chi connectivity index (χ4v) is 6.13. The number of imidazole rings is 1. The molecule has 2 fully saturated rings. The lowest BCUT2D eigenvalue weighted by atomic mass is 10.0. The molecule has 0 radical (unpaired) electrons. The van der Waals surface area contributed by atoms with Crippen LogP contribution in [0.1, 0.15) is 47.6 Å². The second-order valence-corrected chi connectivity index (χ2v) is 11.5. The zero-order valence-corrected chi connectivity index (χ0v) is 22.2. The van der Waals surface area contributed by atoms with Crippen LogP contribution in [0.3, 0.4) is 0 Å². The number of thiophene rings is 1. The highest BCUT2D eigenvalue weighted by atomic mass is 35.5. The molecule has 2 N–H and O–H groups in total. The lowest BCUT2D eigenvalue weighted by Crippen LogP contribution is -2.45. The van der Waals surface area contributed by atoms with Gasteiger partial charge in [0.15, 0.2) is 11.6 Å². The summed E-state index contributed by atoms with van der Waals surface area (Å²) in [4.78, 5) is 32.6. The molecule has 1 amide bonds. The second-order valence-electron chi connectivity index (χ2n) is 9.80. The van der Waals surface area contributed by atoms with E-state index in [0.717, 1.165) is 42.4 Å². The summed E-state index contributed by atoms with van der Waals surface area (Å²) in [5, 5.41) is 16.5. The number of piperidine rings is 1. The monoisotopic (exact) mass is 555 g/mol. The first-order valence-electron chi connectivity index (χ1n) is 12.5. The number of ether oxygens (including phenoxy) is 1. The zero-order chi connectivity index (χ0) is 26.4. The Morgan fingerprint density at radius 3 is 2.68 bits per heavy atom. The molecule has 198 valence electrons. The average molecular weight is 556 g/mol. The van der Waals surface area contributed by atoms with Crippen LogP contribution in [0.5, 0.6) is 5.75 Å². The molecule has 0 bridgehead atoms. The molecule has 12 heteroatoms. The van der Waals surface area contributed by atoms with Gasteiger partial charge >= 0.3 is 6.16 Å². The molecule has 1 saturated heterocycles. The number of nitrogens with zero attached hydrogens (tertiary/aromatic N) is 4. The number of halogens is 1. The summed E-state index contributed by atoms with van der Waals surface area (Å²) in [5.74, 6) is 0.678. The molecule has 0 atom stereocenters. The minimum Gasteiger partial charge on any atom is -0.449 e. The molecule has 10 nitrogen and oxygen atoms in total. The molecule has 0 spiro atoms. The lowest BCUT2D eigenvalue weighted by Gasteiger charge is -2.32. The van der Waals surface area contributed by atoms with Crippen LogP contribution < -0.4 is 10.1 Å². The third-order valence-corrected chi connectivity index (χ3v) is 8.28. The van der Waals surface area contributed by atoms with Gasteiger partial charge in [0.25, 0.3) is 5.91 Å². The number of aromatic nitrogens is 3. The van der Waals surface area contributed by atoms with Crippen molar-refractivity contribution in [3.63, 3.8) is 0 Å². The number of benzene rings is 1. The number of carboxylic acid groups (broad SMARTS) is 1. The van der Waals surface area contributed by atoms with E-state index in [1.54, 1.807) is 16.7 Å². The maximum Gasteiger partial charge on any atom is 0.511 e. The standard InChI is InChI=1S/C26H26ClN5O5S/c1-14-10-18(36-26(34)35)12-19-23(14)32(13-16-11-20(37-30-16)21-4-5-22(27)38-21)24(29-19)25(33)28-15-6-8-31(9-7-15)17-2-3-17/h4-5,10-12,15,17H,2-3,6-9,13H2,1H3,(H,28,33)(H,34,35). The summed E-state index contributed by atoms with van der Waals surface area (Å²) >= 11 is 7.46. The highest BCUT2D eigenvalue weighted by Gasteiger charge is 2.33. The summed E-state index contributed by atoms with van der Waals surface area (Å²) in [6, 6.07) is 9.42. The molecular weight excluding hydrogens is 530 g/mol. The minimum atomic E-state index is -1.41. The number of amides is 1. The van der Waals surface area contributed by atoms with Gasteiger partial charge < -0.3 is 29.2 Å². The SMILES string of the molecule is Cc1cc(OC(=O)O)cc2nc(C(=O)NC3CCN(C4CC4)CC3)n(Cc3cc(-c4ccc(Cl)s4)on3)c12. The molecule has 4 heterocycles. The number of rotatable bonds is 7. The smallest absolute Gasteiger partial charge is 0.449 e. The number of fused-ring (bicyclic) bond motifs is 1. The van der Waals surface area contributed by atoms with E-state index in [4.69, 9.17) is 26.0 Å². The van der Waals surface area contributed by atoms with Gasteiger partial charge in [-0.3, -0.25) is 4.79 Å². The largest absolute Gasteiger partial charge is 0.511 e. The molecule has 1 aromatic carbocycles. The van der Waals surface area contributed by atoms with Crippen LogP contribution in [0.4, 0.5) is 4.79 Å². The van der Waals surface area contributed by atoms with E-state index in [1.807, 2.05) is 19.1 Å². The number of carbonyl (C=O) groups excluding carboxylic acids is 1. The van der Waals surface area contributed by atoms with Gasteiger partial charge in [0.1, 0.15) is 11.4 Å². The van der Waals surface area contributed by atoms with Gasteiger partial charge in [-0.05, 0) is 56.4 Å². The molecule has 6 rings (SSSR count). The maximum absolute atomic E-state index is 13.5. The van der Waals surface area contributed by atoms with Crippen LogP contribution in [0.15, 0.2) is 34.9 Å². The van der Waals surface area contributed by atoms with Crippen molar-refractivity contribution in [2.75, 3.05) is 13.1 Å². The fourth-order valence-electron chi connectivity index (χ4n) is 5.14. The number of carbonyl (C=O) groups is 2. The Hall–Kier alpha value is -3.41. The Labute approximate surface area is 227 Å². The minimum absolute atomic E-state index is 0.0694. The number of nitrogens with one attached hydrogen (secondary N) is 1. The molecule has 0 unspecified atom stereocenters. The van der Waals surface area contributed by atoms with Crippen LogP contribution in [0, 0.1) is 6.92 Å². The van der Waals surface area contributed by atoms with Gasteiger partial charge in [-0.1, -0.05) is 16.8 Å². The molecule has 3 aromatic heterocycles. The molecule has 4 aromatic rings. The molecule has 38 heavy (non-hydrogen) atoms. The highest BCUT2D eigenvalue weighted by molar-refractivity contribution is 7.19. The summed E-state index contributed by atoms with van der Waals surface area (Å²) in [5.41, 5.74) is 2.49. The molecule has 1 saturated carbocycles. The summed E-state index contributed by atoms with van der Waals surface area (Å²) in [6.45, 7) is 4.03. The lowest BCUT2D eigenvalue weighted by molar-refractivity contribution is 0.0895. The quantitative estimate of drug-likeness (QED) is 0.236. The van der Waals surface area contributed by atoms with E-state index in [9.17, 15) is 9.59 Å². The number of aryl methyl sites for hydroxylation is 1. The van der Waals surface area contributed by atoms with Crippen molar-refractivity contribution < 1.29 is 24.0 Å². The topological polar surface area (TPSA) is 123 Å². The van der Waals surface area contributed by atoms with Crippen molar-refractivity contribution in [2.45, 2.75) is 51.2 Å². The van der Waals surface area contributed by atoms with E-state index in [1.165, 1.54) is 30.2 Å². The van der Waals surface area contributed by atoms with E-state index in [0.29, 0.717) is 26.8 Å². The molecule has 2 aliphatic rings. The van der Waals surface area contributed by atoms with Crippen LogP contribution in [0.25, 0.3) is 21.7 Å². The van der Waals surface area contributed by atoms with Gasteiger partial charge in [0, 0.05) is 37.3 Å². The van der Waals surface area contributed by atoms with Gasteiger partial charge in [-0.25, -0.2) is 9.78 Å². The Kier molecular flexibility index (Phi) is 6.58. The van der Waals surface area contributed by atoms with E-state index in [-0.39, 0.29) is 30.1 Å². The summed E-state index contributed by atoms with van der Waals surface area (Å²) in [7, 11) is 0. The third kappa shape index (κ3) is 5.13. The first kappa shape index (κ1) is 24.9.